The molecule has 1 aliphatic heterocycles. The first kappa shape index (κ1) is 13.1. The maximum atomic E-state index is 10.9. The van der Waals surface area contributed by atoms with Crippen LogP contribution < -0.4 is 5.73 Å². The van der Waals surface area contributed by atoms with Crippen LogP contribution in [-0.4, -0.2) is 30.5 Å². The molecule has 1 fully saturated rings. The molecule has 3 unspecified atom stereocenters. The molecule has 1 aromatic carbocycles. The van der Waals surface area contributed by atoms with Crippen LogP contribution in [0.15, 0.2) is 24.3 Å². The van der Waals surface area contributed by atoms with Gasteiger partial charge in [0, 0.05) is 18.6 Å². The summed E-state index contributed by atoms with van der Waals surface area (Å²) in [5.74, 6) is 0. The number of fused-ring (bicyclic) bond motifs is 1. The molecule has 0 bridgehead atoms. The lowest BCUT2D eigenvalue weighted by Gasteiger charge is -2.43. The predicted molar refractivity (Wildman–Crippen MR) is 75.1 cm³/mol. The zero-order chi connectivity index (χ0) is 13.3. The Morgan fingerprint density at radius 2 is 2.21 bits per heavy atom. The normalized spacial score (nSPS) is 32.0. The van der Waals surface area contributed by atoms with E-state index in [0.29, 0.717) is 6.54 Å². The van der Waals surface area contributed by atoms with Gasteiger partial charge < -0.3 is 15.6 Å². The number of aliphatic hydroxyl groups excluding tert-OH is 1. The summed E-state index contributed by atoms with van der Waals surface area (Å²) >= 11 is 0. The fourth-order valence-electron chi connectivity index (χ4n) is 3.80. The number of hydrogen-bond acceptors (Lipinski definition) is 3. The van der Waals surface area contributed by atoms with Gasteiger partial charge in [-0.15, -0.1) is 0 Å². The monoisotopic (exact) mass is 261 g/mol. The summed E-state index contributed by atoms with van der Waals surface area (Å²) in [6.07, 6.45) is 4.61. The van der Waals surface area contributed by atoms with E-state index in [1.807, 2.05) is 0 Å². The quantitative estimate of drug-likeness (QED) is 0.871. The maximum absolute atomic E-state index is 10.9. The summed E-state index contributed by atoms with van der Waals surface area (Å²) in [5, 5.41) is 10.9. The van der Waals surface area contributed by atoms with Crippen LogP contribution in [0.1, 0.15) is 36.8 Å². The number of ether oxygens (including phenoxy) is 1. The second kappa shape index (κ2) is 5.23. The van der Waals surface area contributed by atoms with Gasteiger partial charge in [0.25, 0.3) is 0 Å². The highest BCUT2D eigenvalue weighted by Crippen LogP contribution is 2.42. The standard InChI is InChI=1S/C16H23NO2/c17-11-16(15(18)14-8-4-10-19-14)9-3-6-12-5-1-2-7-13(12)16/h1-2,5,7,14-15,18H,3-4,6,8-11,17H2. The van der Waals surface area contributed by atoms with E-state index in [4.69, 9.17) is 10.5 Å². The zero-order valence-corrected chi connectivity index (χ0v) is 11.3. The van der Waals surface area contributed by atoms with Crippen molar-refractivity contribution in [2.45, 2.75) is 49.7 Å². The summed E-state index contributed by atoms with van der Waals surface area (Å²) in [7, 11) is 0. The van der Waals surface area contributed by atoms with Gasteiger partial charge in [-0.3, -0.25) is 0 Å². The van der Waals surface area contributed by atoms with Crippen LogP contribution in [0.25, 0.3) is 0 Å². The molecule has 2 aliphatic rings. The van der Waals surface area contributed by atoms with Crippen LogP contribution in [0.5, 0.6) is 0 Å². The number of hydrogen-bond donors (Lipinski definition) is 2. The van der Waals surface area contributed by atoms with E-state index >= 15 is 0 Å². The second-order valence-electron chi connectivity index (χ2n) is 5.87. The van der Waals surface area contributed by atoms with Crippen molar-refractivity contribution in [3.8, 4) is 0 Å². The molecule has 19 heavy (non-hydrogen) atoms. The topological polar surface area (TPSA) is 55.5 Å². The van der Waals surface area contributed by atoms with E-state index in [1.165, 1.54) is 11.1 Å². The Balaban J connectivity index is 1.99. The molecule has 1 saturated heterocycles. The lowest BCUT2D eigenvalue weighted by Crippen LogP contribution is -2.53. The number of benzene rings is 1. The Hall–Kier alpha value is -0.900. The number of nitrogens with two attached hydrogens (primary N) is 1. The second-order valence-corrected chi connectivity index (χ2v) is 5.87. The van der Waals surface area contributed by atoms with Crippen molar-refractivity contribution in [3.63, 3.8) is 0 Å². The predicted octanol–water partition coefficient (Wildman–Crippen LogP) is 1.76. The Bertz CT molecular complexity index is 442. The highest BCUT2D eigenvalue weighted by atomic mass is 16.5. The Kier molecular flexibility index (Phi) is 3.61. The largest absolute Gasteiger partial charge is 0.389 e. The molecule has 0 amide bonds. The molecule has 0 saturated carbocycles. The van der Waals surface area contributed by atoms with Crippen molar-refractivity contribution in [1.82, 2.24) is 0 Å². The van der Waals surface area contributed by atoms with Crippen molar-refractivity contribution in [2.75, 3.05) is 13.2 Å². The third-order valence-corrected chi connectivity index (χ3v) is 4.87. The van der Waals surface area contributed by atoms with Gasteiger partial charge in [0.15, 0.2) is 0 Å². The molecule has 0 radical (unpaired) electrons. The molecule has 1 aliphatic carbocycles. The van der Waals surface area contributed by atoms with Crippen LogP contribution in [0, 0.1) is 0 Å². The van der Waals surface area contributed by atoms with Crippen LogP contribution in [0.4, 0.5) is 0 Å². The Labute approximate surface area is 114 Å². The molecule has 0 aromatic heterocycles. The van der Waals surface area contributed by atoms with Gasteiger partial charge >= 0.3 is 0 Å². The smallest absolute Gasteiger partial charge is 0.0910 e. The first-order valence-electron chi connectivity index (χ1n) is 7.36. The van der Waals surface area contributed by atoms with Crippen molar-refractivity contribution >= 4 is 0 Å². The zero-order valence-electron chi connectivity index (χ0n) is 11.3. The summed E-state index contributed by atoms with van der Waals surface area (Å²) in [4.78, 5) is 0. The molecule has 3 heteroatoms. The van der Waals surface area contributed by atoms with Gasteiger partial charge in [-0.2, -0.15) is 0 Å². The molecule has 1 heterocycles. The number of rotatable bonds is 3. The van der Waals surface area contributed by atoms with Crippen molar-refractivity contribution in [3.05, 3.63) is 35.4 Å². The maximum Gasteiger partial charge on any atom is 0.0910 e. The van der Waals surface area contributed by atoms with Crippen LogP contribution in [0.3, 0.4) is 0 Å². The van der Waals surface area contributed by atoms with Gasteiger partial charge in [0.05, 0.1) is 12.2 Å². The minimum Gasteiger partial charge on any atom is -0.389 e. The van der Waals surface area contributed by atoms with Crippen LogP contribution in [0.2, 0.25) is 0 Å². The van der Waals surface area contributed by atoms with E-state index in [9.17, 15) is 5.11 Å². The summed E-state index contributed by atoms with van der Waals surface area (Å²) < 4.78 is 5.70. The van der Waals surface area contributed by atoms with E-state index in [-0.39, 0.29) is 11.5 Å². The third kappa shape index (κ3) is 2.10. The number of aryl methyl sites for hydroxylation is 1. The van der Waals surface area contributed by atoms with Crippen LogP contribution in [-0.2, 0) is 16.6 Å². The first-order valence-corrected chi connectivity index (χ1v) is 7.36. The Morgan fingerprint density at radius 3 is 2.95 bits per heavy atom. The number of aliphatic hydroxyl groups is 1. The van der Waals surface area contributed by atoms with E-state index < -0.39 is 6.10 Å². The summed E-state index contributed by atoms with van der Waals surface area (Å²) in [5.41, 5.74) is 8.38. The Morgan fingerprint density at radius 1 is 1.37 bits per heavy atom. The van der Waals surface area contributed by atoms with Crippen molar-refractivity contribution < 1.29 is 9.84 Å². The molecule has 3 N–H and O–H groups in total. The van der Waals surface area contributed by atoms with Gasteiger partial charge in [0.1, 0.15) is 0 Å². The molecule has 1 aromatic rings. The first-order chi connectivity index (χ1) is 9.28. The van der Waals surface area contributed by atoms with E-state index in [1.54, 1.807) is 0 Å². The SMILES string of the molecule is NCC1(C(O)C2CCCO2)CCCc2ccccc21. The molecule has 3 rings (SSSR count). The van der Waals surface area contributed by atoms with E-state index in [2.05, 4.69) is 24.3 Å². The average molecular weight is 261 g/mol. The van der Waals surface area contributed by atoms with Crippen molar-refractivity contribution in [1.29, 1.82) is 0 Å². The minimum atomic E-state index is -0.485. The molecule has 3 nitrogen and oxygen atoms in total. The average Bonchev–Trinajstić information content (AvgIpc) is 3.00. The molecule has 3 atom stereocenters. The fraction of sp³-hybridized carbons (Fsp3) is 0.625. The summed E-state index contributed by atoms with van der Waals surface area (Å²) in [6, 6.07) is 8.43. The highest BCUT2D eigenvalue weighted by molar-refractivity contribution is 5.38. The molecular weight excluding hydrogens is 238 g/mol. The van der Waals surface area contributed by atoms with Gasteiger partial charge in [-0.25, -0.2) is 0 Å². The van der Waals surface area contributed by atoms with Crippen molar-refractivity contribution in [2.24, 2.45) is 5.73 Å². The van der Waals surface area contributed by atoms with E-state index in [0.717, 1.165) is 38.7 Å². The molecular formula is C16H23NO2. The lowest BCUT2D eigenvalue weighted by atomic mass is 9.65. The highest BCUT2D eigenvalue weighted by Gasteiger charge is 2.45. The van der Waals surface area contributed by atoms with Crippen LogP contribution >= 0.6 is 0 Å². The van der Waals surface area contributed by atoms with Gasteiger partial charge in [-0.05, 0) is 43.2 Å². The fourth-order valence-corrected chi connectivity index (χ4v) is 3.80. The van der Waals surface area contributed by atoms with Gasteiger partial charge in [-0.1, -0.05) is 24.3 Å². The summed E-state index contributed by atoms with van der Waals surface area (Å²) in [6.45, 7) is 1.26. The van der Waals surface area contributed by atoms with Gasteiger partial charge in [0.2, 0.25) is 0 Å². The third-order valence-electron chi connectivity index (χ3n) is 4.87. The lowest BCUT2D eigenvalue weighted by molar-refractivity contribution is -0.0478. The minimum absolute atomic E-state index is 0.0466. The molecule has 104 valence electrons. The molecule has 0 spiro atoms.